The number of benzene rings is 2. The molecule has 0 saturated carbocycles. The highest BCUT2D eigenvalue weighted by Crippen LogP contribution is 2.41. The summed E-state index contributed by atoms with van der Waals surface area (Å²) in [7, 11) is 0. The first kappa shape index (κ1) is 27.1. The number of phenolic OH excluding ortho intramolecular Hbond substituents is 1. The topological polar surface area (TPSA) is 102 Å². The van der Waals surface area contributed by atoms with E-state index in [1.807, 2.05) is 12.1 Å². The summed E-state index contributed by atoms with van der Waals surface area (Å²) in [6.07, 6.45) is 2.17. The Labute approximate surface area is 213 Å². The van der Waals surface area contributed by atoms with Crippen LogP contribution in [0.1, 0.15) is 72.2 Å². The molecule has 0 saturated heterocycles. The zero-order valence-electron chi connectivity index (χ0n) is 22.4. The summed E-state index contributed by atoms with van der Waals surface area (Å²) in [5.74, 6) is 0.883. The average Bonchev–Trinajstić information content (AvgIpc) is 3.22. The fourth-order valence-corrected chi connectivity index (χ4v) is 3.67. The number of carboxylic acids is 1. The molecule has 2 aromatic carbocycles. The molecular weight excluding hydrogens is 458 g/mol. The van der Waals surface area contributed by atoms with Crippen LogP contribution in [-0.4, -0.2) is 33.4 Å². The average molecular weight is 496 g/mol. The highest BCUT2D eigenvalue weighted by Gasteiger charge is 2.29. The number of carboxylic acid groups (broad SMARTS) is 1. The van der Waals surface area contributed by atoms with Crippen molar-refractivity contribution in [1.82, 2.24) is 4.98 Å². The molecule has 0 aliphatic heterocycles. The lowest BCUT2D eigenvalue weighted by molar-refractivity contribution is -0.152. The Morgan fingerprint density at radius 3 is 1.94 bits per heavy atom. The zero-order valence-corrected chi connectivity index (χ0v) is 22.4. The van der Waals surface area contributed by atoms with Crippen molar-refractivity contribution in [3.05, 3.63) is 59.5 Å². The van der Waals surface area contributed by atoms with Crippen molar-refractivity contribution < 1.29 is 28.9 Å². The third kappa shape index (κ3) is 6.39. The number of phenols is 1. The number of oxazole rings is 1. The number of hydrogen-bond donors (Lipinski definition) is 2. The lowest BCUT2D eigenvalue weighted by atomic mass is 9.78. The summed E-state index contributed by atoms with van der Waals surface area (Å²) in [5.41, 5.74) is 1.50. The van der Waals surface area contributed by atoms with Gasteiger partial charge < -0.3 is 24.1 Å². The van der Waals surface area contributed by atoms with E-state index in [0.717, 1.165) is 22.4 Å². The minimum Gasteiger partial charge on any atom is -0.507 e. The lowest BCUT2D eigenvalue weighted by Gasteiger charge is -2.27. The molecule has 0 atom stereocenters. The third-order valence-electron chi connectivity index (χ3n) is 5.86. The zero-order chi connectivity index (χ0) is 26.9. The molecule has 0 fully saturated rings. The summed E-state index contributed by atoms with van der Waals surface area (Å²) < 4.78 is 17.1. The number of rotatable bonds is 8. The molecule has 0 amide bonds. The highest BCUT2D eigenvalue weighted by molar-refractivity contribution is 5.76. The Hall–Kier alpha value is -3.48. The maximum atomic E-state index is 11.2. The van der Waals surface area contributed by atoms with Gasteiger partial charge in [-0.2, -0.15) is 0 Å². The van der Waals surface area contributed by atoms with Gasteiger partial charge in [-0.3, -0.25) is 0 Å². The van der Waals surface area contributed by atoms with Crippen LogP contribution in [0.3, 0.4) is 0 Å². The minimum atomic E-state index is -1.31. The number of ether oxygens (including phenoxy) is 2. The molecule has 2 N–H and O–H groups in total. The normalized spacial score (nSPS) is 12.4. The number of nitrogens with zero attached hydrogens (tertiary/aromatic N) is 1. The summed E-state index contributed by atoms with van der Waals surface area (Å²) in [6, 6.07) is 10.7. The first-order valence-corrected chi connectivity index (χ1v) is 12.1. The largest absolute Gasteiger partial charge is 0.507 e. The summed E-state index contributed by atoms with van der Waals surface area (Å²) >= 11 is 0. The van der Waals surface area contributed by atoms with Crippen molar-refractivity contribution in [2.75, 3.05) is 6.61 Å². The number of hydrogen-bond acceptors (Lipinski definition) is 6. The molecule has 7 heteroatoms. The van der Waals surface area contributed by atoms with Crippen LogP contribution in [-0.2, 0) is 22.0 Å². The molecule has 1 heterocycles. The van der Waals surface area contributed by atoms with Crippen LogP contribution in [0.2, 0.25) is 0 Å². The summed E-state index contributed by atoms with van der Waals surface area (Å²) in [4.78, 5) is 15.9. The van der Waals surface area contributed by atoms with Crippen molar-refractivity contribution in [2.45, 2.75) is 78.2 Å². The second-order valence-electron chi connectivity index (χ2n) is 11.6. The number of aliphatic carboxylic acids is 1. The molecule has 194 valence electrons. The lowest BCUT2D eigenvalue weighted by Crippen LogP contribution is -2.37. The second kappa shape index (κ2) is 9.88. The van der Waals surface area contributed by atoms with Crippen LogP contribution in [0.4, 0.5) is 0 Å². The monoisotopic (exact) mass is 495 g/mol. The number of carbonyl (C=O) groups is 1. The van der Waals surface area contributed by atoms with E-state index in [-0.39, 0.29) is 10.8 Å². The van der Waals surface area contributed by atoms with E-state index in [0.29, 0.717) is 36.2 Å². The van der Waals surface area contributed by atoms with Gasteiger partial charge in [0.25, 0.3) is 0 Å². The molecule has 0 unspecified atom stereocenters. The predicted molar refractivity (Wildman–Crippen MR) is 139 cm³/mol. The minimum absolute atomic E-state index is 0.243. The van der Waals surface area contributed by atoms with Crippen LogP contribution >= 0.6 is 0 Å². The van der Waals surface area contributed by atoms with Gasteiger partial charge in [-0.1, -0.05) is 41.5 Å². The van der Waals surface area contributed by atoms with Gasteiger partial charge >= 0.3 is 5.97 Å². The van der Waals surface area contributed by atoms with Crippen molar-refractivity contribution in [1.29, 1.82) is 0 Å². The standard InChI is InChI=1S/C29H37NO6/c1-27(2,3)22-15-18(16-23(24(22)31)28(4,5)6)25-30-19(17-35-25)13-14-34-20-9-11-21(12-10-20)36-29(7,8)26(32)33/h9-12,15-17,31H,13-14H2,1-8H3,(H,32,33). The van der Waals surface area contributed by atoms with Crippen LogP contribution < -0.4 is 9.47 Å². The van der Waals surface area contributed by atoms with Gasteiger partial charge in [-0.25, -0.2) is 9.78 Å². The van der Waals surface area contributed by atoms with E-state index in [1.54, 1.807) is 30.5 Å². The van der Waals surface area contributed by atoms with Gasteiger partial charge in [-0.15, -0.1) is 0 Å². The second-order valence-corrected chi connectivity index (χ2v) is 11.6. The van der Waals surface area contributed by atoms with Gasteiger partial charge in [0, 0.05) is 23.1 Å². The Kier molecular flexibility index (Phi) is 7.44. The molecule has 7 nitrogen and oxygen atoms in total. The maximum absolute atomic E-state index is 11.2. The van der Waals surface area contributed by atoms with Crippen molar-refractivity contribution in [3.8, 4) is 28.7 Å². The highest BCUT2D eigenvalue weighted by atomic mass is 16.5. The van der Waals surface area contributed by atoms with E-state index in [9.17, 15) is 15.0 Å². The first-order valence-electron chi connectivity index (χ1n) is 12.1. The van der Waals surface area contributed by atoms with E-state index >= 15 is 0 Å². The molecule has 0 aliphatic carbocycles. The fourth-order valence-electron chi connectivity index (χ4n) is 3.67. The third-order valence-corrected chi connectivity index (χ3v) is 5.86. The van der Waals surface area contributed by atoms with E-state index in [2.05, 4.69) is 46.5 Å². The Balaban J connectivity index is 1.69. The Morgan fingerprint density at radius 1 is 0.917 bits per heavy atom. The molecule has 36 heavy (non-hydrogen) atoms. The van der Waals surface area contributed by atoms with Crippen molar-refractivity contribution in [3.63, 3.8) is 0 Å². The van der Waals surface area contributed by atoms with Crippen molar-refractivity contribution >= 4 is 5.97 Å². The molecule has 3 aromatic rings. The molecule has 0 spiro atoms. The van der Waals surface area contributed by atoms with Crippen molar-refractivity contribution in [2.24, 2.45) is 0 Å². The van der Waals surface area contributed by atoms with E-state index < -0.39 is 11.6 Å². The molecule has 1 aromatic heterocycles. The first-order chi connectivity index (χ1) is 16.6. The van der Waals surface area contributed by atoms with Gasteiger partial charge in [-0.05, 0) is 61.1 Å². The predicted octanol–water partition coefficient (Wildman–Crippen LogP) is 6.51. The van der Waals surface area contributed by atoms with Gasteiger partial charge in [0.05, 0.1) is 12.3 Å². The van der Waals surface area contributed by atoms with Gasteiger partial charge in [0.1, 0.15) is 23.5 Å². The van der Waals surface area contributed by atoms with Gasteiger partial charge in [0.15, 0.2) is 5.60 Å². The number of aromatic nitrogens is 1. The SMILES string of the molecule is CC(C)(Oc1ccc(OCCc2coc(-c3cc(C(C)(C)C)c(O)c(C(C)(C)C)c3)n2)cc1)C(=O)O. The Bertz CT molecular complexity index is 1170. The molecule has 0 aliphatic rings. The molecule has 3 rings (SSSR count). The quantitative estimate of drug-likeness (QED) is 0.367. The summed E-state index contributed by atoms with van der Waals surface area (Å²) in [6.45, 7) is 15.8. The van der Waals surface area contributed by atoms with Crippen LogP contribution in [0.25, 0.3) is 11.5 Å². The maximum Gasteiger partial charge on any atom is 0.347 e. The van der Waals surface area contributed by atoms with Crippen LogP contribution in [0, 0.1) is 0 Å². The molecule has 0 bridgehead atoms. The summed E-state index contributed by atoms with van der Waals surface area (Å²) in [5, 5.41) is 20.1. The van der Waals surface area contributed by atoms with E-state index in [4.69, 9.17) is 13.9 Å². The van der Waals surface area contributed by atoms with Crippen LogP contribution in [0.5, 0.6) is 17.2 Å². The Morgan fingerprint density at radius 2 is 1.44 bits per heavy atom. The fraction of sp³-hybridized carbons (Fsp3) is 0.448. The van der Waals surface area contributed by atoms with E-state index in [1.165, 1.54) is 13.8 Å². The number of aromatic hydroxyl groups is 1. The molecular formula is C29H37NO6. The smallest absolute Gasteiger partial charge is 0.347 e. The van der Waals surface area contributed by atoms with Crippen LogP contribution in [0.15, 0.2) is 47.1 Å². The van der Waals surface area contributed by atoms with Gasteiger partial charge in [0.2, 0.25) is 5.89 Å². The molecule has 0 radical (unpaired) electrons.